The summed E-state index contributed by atoms with van der Waals surface area (Å²) >= 11 is 1.27. The molecule has 0 aliphatic heterocycles. The van der Waals surface area contributed by atoms with Gasteiger partial charge in [0.1, 0.15) is 5.82 Å². The molecule has 0 saturated heterocycles. The van der Waals surface area contributed by atoms with Crippen LogP contribution in [0.5, 0.6) is 0 Å². The first-order valence-corrected chi connectivity index (χ1v) is 11.8. The van der Waals surface area contributed by atoms with Crippen LogP contribution in [0.1, 0.15) is 26.3 Å². The van der Waals surface area contributed by atoms with Crippen molar-refractivity contribution in [3.05, 3.63) is 89.9 Å². The van der Waals surface area contributed by atoms with Gasteiger partial charge in [-0.05, 0) is 51.5 Å². The van der Waals surface area contributed by atoms with Gasteiger partial charge in [0.2, 0.25) is 0 Å². The Kier molecular flexibility index (Phi) is 5.75. The van der Waals surface area contributed by atoms with Gasteiger partial charge in [-0.25, -0.2) is 13.2 Å². The minimum absolute atomic E-state index is 0. The van der Waals surface area contributed by atoms with E-state index in [0.717, 1.165) is 44.9 Å². The van der Waals surface area contributed by atoms with Crippen LogP contribution in [0.3, 0.4) is 0 Å². The predicted octanol–water partition coefficient (Wildman–Crippen LogP) is 8.94. The number of halogens is 3. The van der Waals surface area contributed by atoms with Crippen molar-refractivity contribution in [1.82, 2.24) is 4.98 Å². The molecule has 1 nitrogen and oxygen atoms in total. The molecular weight excluding hydrogens is 644 g/mol. The molecule has 1 radical (unpaired) electrons. The SMILES string of the molecule is CC(C)(C)c1cc[c-]c(-c2nccc3c2ccc2c3cc(F)c3c4cc(F)c(F)cc4sc23)c1.[Ir]. The quantitative estimate of drug-likeness (QED) is 0.127. The summed E-state index contributed by atoms with van der Waals surface area (Å²) in [6.45, 7) is 6.48. The first-order chi connectivity index (χ1) is 16.2. The van der Waals surface area contributed by atoms with Crippen LogP contribution in [0, 0.1) is 23.5 Å². The molecule has 0 atom stereocenters. The third-order valence-electron chi connectivity index (χ3n) is 6.40. The molecule has 4 aromatic carbocycles. The van der Waals surface area contributed by atoms with Crippen LogP contribution >= 0.6 is 11.3 Å². The summed E-state index contributed by atoms with van der Waals surface area (Å²) in [6.07, 6.45) is 1.73. The van der Waals surface area contributed by atoms with Crippen LogP contribution in [0.15, 0.2) is 60.8 Å². The molecule has 0 bridgehead atoms. The van der Waals surface area contributed by atoms with Crippen molar-refractivity contribution < 1.29 is 33.3 Å². The van der Waals surface area contributed by atoms with Crippen molar-refractivity contribution in [3.63, 3.8) is 0 Å². The molecule has 0 unspecified atom stereocenters. The van der Waals surface area contributed by atoms with Gasteiger partial charge in [0.05, 0.1) is 0 Å². The van der Waals surface area contributed by atoms with Crippen molar-refractivity contribution in [2.75, 3.05) is 0 Å². The average Bonchev–Trinajstić information content (AvgIpc) is 3.17. The second-order valence-corrected chi connectivity index (χ2v) is 10.6. The van der Waals surface area contributed by atoms with Crippen molar-refractivity contribution >= 4 is 53.1 Å². The van der Waals surface area contributed by atoms with Crippen LogP contribution in [-0.2, 0) is 25.5 Å². The molecule has 6 rings (SSSR count). The number of thiophene rings is 1. The van der Waals surface area contributed by atoms with E-state index in [2.05, 4.69) is 44.0 Å². The second kappa shape index (κ2) is 8.41. The Labute approximate surface area is 218 Å². The van der Waals surface area contributed by atoms with E-state index in [9.17, 15) is 8.78 Å². The maximum absolute atomic E-state index is 15.4. The Bertz CT molecular complexity index is 1780. The summed E-state index contributed by atoms with van der Waals surface area (Å²) in [4.78, 5) is 4.64. The number of pyridine rings is 1. The van der Waals surface area contributed by atoms with Gasteiger partial charge in [-0.15, -0.1) is 46.7 Å². The van der Waals surface area contributed by atoms with Gasteiger partial charge in [0, 0.05) is 51.9 Å². The molecule has 0 aliphatic carbocycles. The number of rotatable bonds is 1. The fraction of sp³-hybridized carbons (Fsp3) is 0.138. The summed E-state index contributed by atoms with van der Waals surface area (Å²) in [5.41, 5.74) is 2.83. The number of aromatic nitrogens is 1. The first kappa shape index (κ1) is 23.9. The van der Waals surface area contributed by atoms with Gasteiger partial charge < -0.3 is 4.98 Å². The normalized spacial score (nSPS) is 12.1. The number of nitrogens with zero attached hydrogens (tertiary/aromatic N) is 1. The van der Waals surface area contributed by atoms with E-state index in [-0.39, 0.29) is 25.5 Å². The van der Waals surface area contributed by atoms with Crippen LogP contribution in [0.25, 0.3) is 53.0 Å². The molecule has 0 spiro atoms. The van der Waals surface area contributed by atoms with E-state index in [1.54, 1.807) is 6.20 Å². The van der Waals surface area contributed by atoms with Crippen LogP contribution in [-0.4, -0.2) is 4.98 Å². The molecular formula is C29H19F3IrNS-. The van der Waals surface area contributed by atoms with E-state index in [1.165, 1.54) is 23.0 Å². The van der Waals surface area contributed by atoms with Gasteiger partial charge in [-0.1, -0.05) is 32.9 Å². The van der Waals surface area contributed by atoms with E-state index >= 15 is 4.39 Å². The molecule has 35 heavy (non-hydrogen) atoms. The monoisotopic (exact) mass is 663 g/mol. The zero-order chi connectivity index (χ0) is 23.8. The molecule has 0 amide bonds. The molecule has 2 heterocycles. The first-order valence-electron chi connectivity index (χ1n) is 11.0. The number of fused-ring (bicyclic) bond motifs is 7. The maximum Gasteiger partial charge on any atom is 0.160 e. The van der Waals surface area contributed by atoms with Crippen LogP contribution < -0.4 is 0 Å². The molecule has 177 valence electrons. The van der Waals surface area contributed by atoms with Crippen molar-refractivity contribution in [2.24, 2.45) is 0 Å². The van der Waals surface area contributed by atoms with Crippen molar-refractivity contribution in [2.45, 2.75) is 26.2 Å². The predicted molar refractivity (Wildman–Crippen MR) is 135 cm³/mol. The topological polar surface area (TPSA) is 12.9 Å². The fourth-order valence-electron chi connectivity index (χ4n) is 4.63. The van der Waals surface area contributed by atoms with Gasteiger partial charge in [0.15, 0.2) is 11.6 Å². The largest absolute Gasteiger partial charge is 0.304 e. The van der Waals surface area contributed by atoms with E-state index in [4.69, 9.17) is 0 Å². The van der Waals surface area contributed by atoms with Gasteiger partial charge in [-0.2, -0.15) is 0 Å². The molecule has 2 aromatic heterocycles. The van der Waals surface area contributed by atoms with Crippen molar-refractivity contribution in [3.8, 4) is 11.3 Å². The second-order valence-electron chi connectivity index (χ2n) is 9.58. The average molecular weight is 663 g/mol. The van der Waals surface area contributed by atoms with Crippen LogP contribution in [0.4, 0.5) is 13.2 Å². The molecule has 0 saturated carbocycles. The zero-order valence-electron chi connectivity index (χ0n) is 19.1. The zero-order valence-corrected chi connectivity index (χ0v) is 22.3. The third kappa shape index (κ3) is 3.75. The van der Waals surface area contributed by atoms with E-state index < -0.39 is 17.5 Å². The molecule has 0 N–H and O–H groups in total. The third-order valence-corrected chi connectivity index (χ3v) is 7.58. The molecule has 6 heteroatoms. The minimum Gasteiger partial charge on any atom is -0.304 e. The summed E-state index contributed by atoms with van der Waals surface area (Å²) < 4.78 is 44.4. The Morgan fingerprint density at radius 3 is 2.26 bits per heavy atom. The molecule has 0 fully saturated rings. The Morgan fingerprint density at radius 1 is 0.771 bits per heavy atom. The van der Waals surface area contributed by atoms with Crippen LogP contribution in [0.2, 0.25) is 0 Å². The number of hydrogen-bond donors (Lipinski definition) is 0. The maximum atomic E-state index is 15.4. The summed E-state index contributed by atoms with van der Waals surface area (Å²) in [6, 6.07) is 18.9. The summed E-state index contributed by atoms with van der Waals surface area (Å²) in [7, 11) is 0. The minimum atomic E-state index is -0.977. The van der Waals surface area contributed by atoms with Gasteiger partial charge in [-0.3, -0.25) is 0 Å². The summed E-state index contributed by atoms with van der Waals surface area (Å²) in [5, 5.41) is 4.07. The standard InChI is InChI=1S/C29H19F3NS.Ir/c1-29(2,3)16-6-4-5-15(11-16)27-18-7-8-19-20(17(18)9-10-33-27)12-24(32)26-21-13-22(30)23(31)14-25(21)34-28(19)26;/h4,6-14H,1-3H3;/q-1;. The Morgan fingerprint density at radius 2 is 1.49 bits per heavy atom. The van der Waals surface area contributed by atoms with E-state index in [1.807, 2.05) is 24.3 Å². The Balaban J connectivity index is 0.00000253. The number of benzene rings is 4. The smallest absolute Gasteiger partial charge is 0.160 e. The van der Waals surface area contributed by atoms with Gasteiger partial charge >= 0.3 is 0 Å². The molecule has 6 aromatic rings. The molecule has 0 aliphatic rings. The van der Waals surface area contributed by atoms with Gasteiger partial charge in [0.25, 0.3) is 0 Å². The van der Waals surface area contributed by atoms with Crippen molar-refractivity contribution in [1.29, 1.82) is 0 Å². The fourth-order valence-corrected chi connectivity index (χ4v) is 5.88. The summed E-state index contributed by atoms with van der Waals surface area (Å²) in [5.74, 6) is -2.36. The Hall–Kier alpha value is -2.79. The van der Waals surface area contributed by atoms with E-state index in [0.29, 0.717) is 20.2 Å². The number of hydrogen-bond acceptors (Lipinski definition) is 2.